The SMILES string of the molecule is Cc1nn(C)c(C)c1CC(O)CCC(F)(F)F. The summed E-state index contributed by atoms with van der Waals surface area (Å²) in [4.78, 5) is 0. The quantitative estimate of drug-likeness (QED) is 0.890. The zero-order chi connectivity index (χ0) is 13.2. The van der Waals surface area contributed by atoms with Gasteiger partial charge in [0, 0.05) is 25.6 Å². The van der Waals surface area contributed by atoms with E-state index in [2.05, 4.69) is 5.10 Å². The smallest absolute Gasteiger partial charge is 0.389 e. The number of aromatic nitrogens is 2. The number of aliphatic hydroxyl groups excluding tert-OH is 1. The van der Waals surface area contributed by atoms with Crippen LogP contribution in [0.25, 0.3) is 0 Å². The maximum Gasteiger partial charge on any atom is 0.389 e. The summed E-state index contributed by atoms with van der Waals surface area (Å²) in [5.74, 6) is 0. The Morgan fingerprint density at radius 2 is 1.94 bits per heavy atom. The van der Waals surface area contributed by atoms with E-state index in [1.807, 2.05) is 6.92 Å². The van der Waals surface area contributed by atoms with Crippen LogP contribution in [0.1, 0.15) is 29.8 Å². The lowest BCUT2D eigenvalue weighted by molar-refractivity contribution is -0.139. The number of hydrogen-bond acceptors (Lipinski definition) is 2. The van der Waals surface area contributed by atoms with Crippen molar-refractivity contribution in [3.63, 3.8) is 0 Å². The van der Waals surface area contributed by atoms with Gasteiger partial charge in [-0.2, -0.15) is 18.3 Å². The van der Waals surface area contributed by atoms with Crippen LogP contribution in [-0.2, 0) is 13.5 Å². The van der Waals surface area contributed by atoms with Gasteiger partial charge in [-0.1, -0.05) is 0 Å². The van der Waals surface area contributed by atoms with Crippen molar-refractivity contribution in [2.45, 2.75) is 45.4 Å². The molecule has 0 amide bonds. The predicted octanol–water partition coefficient (Wildman–Crippen LogP) is 2.28. The van der Waals surface area contributed by atoms with Gasteiger partial charge in [0.2, 0.25) is 0 Å². The predicted molar refractivity (Wildman–Crippen MR) is 57.7 cm³/mol. The zero-order valence-electron chi connectivity index (χ0n) is 10.2. The number of aliphatic hydroxyl groups is 1. The maximum absolute atomic E-state index is 12.0. The van der Waals surface area contributed by atoms with E-state index < -0.39 is 18.7 Å². The molecule has 98 valence electrons. The average molecular weight is 250 g/mol. The van der Waals surface area contributed by atoms with Crippen LogP contribution in [0.2, 0.25) is 0 Å². The second kappa shape index (κ2) is 5.08. The molecule has 1 heterocycles. The van der Waals surface area contributed by atoms with Crippen LogP contribution in [0.3, 0.4) is 0 Å². The summed E-state index contributed by atoms with van der Waals surface area (Å²) < 4.78 is 37.6. The molecule has 1 aromatic rings. The largest absolute Gasteiger partial charge is 0.393 e. The second-order valence-corrected chi connectivity index (χ2v) is 4.28. The summed E-state index contributed by atoms with van der Waals surface area (Å²) in [6.07, 6.45) is -6.18. The highest BCUT2D eigenvalue weighted by Gasteiger charge is 2.28. The summed E-state index contributed by atoms with van der Waals surface area (Å²) in [5.41, 5.74) is 2.48. The molecule has 3 nitrogen and oxygen atoms in total. The Bertz CT molecular complexity index is 385. The van der Waals surface area contributed by atoms with Crippen molar-refractivity contribution in [1.82, 2.24) is 9.78 Å². The molecule has 1 unspecified atom stereocenters. The third-order valence-corrected chi connectivity index (χ3v) is 2.86. The molecule has 17 heavy (non-hydrogen) atoms. The monoisotopic (exact) mass is 250 g/mol. The molecule has 0 aliphatic heterocycles. The first kappa shape index (κ1) is 14.0. The Morgan fingerprint density at radius 1 is 1.35 bits per heavy atom. The Hall–Kier alpha value is -1.04. The number of nitrogens with zero attached hydrogens (tertiary/aromatic N) is 2. The van der Waals surface area contributed by atoms with Gasteiger partial charge >= 0.3 is 6.18 Å². The fourth-order valence-corrected chi connectivity index (χ4v) is 1.78. The second-order valence-electron chi connectivity index (χ2n) is 4.28. The molecule has 0 spiro atoms. The summed E-state index contributed by atoms with van der Waals surface area (Å²) in [6, 6.07) is 0. The number of alkyl halides is 3. The van der Waals surface area contributed by atoms with Crippen molar-refractivity contribution < 1.29 is 18.3 Å². The topological polar surface area (TPSA) is 38.0 Å². The number of aryl methyl sites for hydroxylation is 2. The van der Waals surface area contributed by atoms with Gasteiger partial charge in [0.25, 0.3) is 0 Å². The van der Waals surface area contributed by atoms with Crippen LogP contribution in [0.5, 0.6) is 0 Å². The highest BCUT2D eigenvalue weighted by molar-refractivity contribution is 5.24. The molecule has 0 bridgehead atoms. The van der Waals surface area contributed by atoms with Gasteiger partial charge in [-0.25, -0.2) is 0 Å². The van der Waals surface area contributed by atoms with Crippen molar-refractivity contribution in [3.05, 3.63) is 17.0 Å². The molecule has 0 aliphatic rings. The maximum atomic E-state index is 12.0. The molecular formula is C11H17F3N2O. The fourth-order valence-electron chi connectivity index (χ4n) is 1.78. The summed E-state index contributed by atoms with van der Waals surface area (Å²) >= 11 is 0. The lowest BCUT2D eigenvalue weighted by atomic mass is 10.0. The first-order valence-electron chi connectivity index (χ1n) is 5.44. The minimum atomic E-state index is -4.21. The Kier molecular flexibility index (Phi) is 4.19. The van der Waals surface area contributed by atoms with Crippen LogP contribution in [-0.4, -0.2) is 27.2 Å². The highest BCUT2D eigenvalue weighted by atomic mass is 19.4. The van der Waals surface area contributed by atoms with Crippen LogP contribution in [0.15, 0.2) is 0 Å². The fraction of sp³-hybridized carbons (Fsp3) is 0.727. The Morgan fingerprint density at radius 3 is 2.35 bits per heavy atom. The lowest BCUT2D eigenvalue weighted by Crippen LogP contribution is -2.17. The van der Waals surface area contributed by atoms with Gasteiger partial charge in [0.1, 0.15) is 0 Å². The first-order valence-corrected chi connectivity index (χ1v) is 5.44. The summed E-state index contributed by atoms with van der Waals surface area (Å²) in [7, 11) is 1.77. The van der Waals surface area contributed by atoms with E-state index in [4.69, 9.17) is 0 Å². The van der Waals surface area contributed by atoms with Gasteiger partial charge in [0.05, 0.1) is 11.8 Å². The van der Waals surface area contributed by atoms with Crippen molar-refractivity contribution in [3.8, 4) is 0 Å². The van der Waals surface area contributed by atoms with E-state index in [1.165, 1.54) is 0 Å². The molecule has 0 aromatic carbocycles. The molecule has 0 saturated heterocycles. The number of halogens is 3. The van der Waals surface area contributed by atoms with E-state index in [0.29, 0.717) is 0 Å². The first-order chi connectivity index (χ1) is 7.70. The zero-order valence-corrected chi connectivity index (χ0v) is 10.2. The number of rotatable bonds is 4. The van der Waals surface area contributed by atoms with E-state index in [0.717, 1.165) is 17.0 Å². The minimum absolute atomic E-state index is 0.224. The van der Waals surface area contributed by atoms with Crippen LogP contribution in [0, 0.1) is 13.8 Å². The minimum Gasteiger partial charge on any atom is -0.393 e. The molecule has 1 N–H and O–H groups in total. The molecule has 6 heteroatoms. The molecule has 1 atom stereocenters. The summed E-state index contributed by atoms with van der Waals surface area (Å²) in [6.45, 7) is 3.63. The molecule has 0 fully saturated rings. The average Bonchev–Trinajstić information content (AvgIpc) is 2.41. The molecule has 0 aliphatic carbocycles. The van der Waals surface area contributed by atoms with Crippen LogP contribution in [0.4, 0.5) is 13.2 Å². The normalized spacial score (nSPS) is 14.1. The highest BCUT2D eigenvalue weighted by Crippen LogP contribution is 2.24. The van der Waals surface area contributed by atoms with E-state index in [1.54, 1.807) is 18.7 Å². The van der Waals surface area contributed by atoms with Crippen molar-refractivity contribution in [2.75, 3.05) is 0 Å². The van der Waals surface area contributed by atoms with Crippen molar-refractivity contribution in [1.29, 1.82) is 0 Å². The van der Waals surface area contributed by atoms with Gasteiger partial charge in [-0.3, -0.25) is 4.68 Å². The third kappa shape index (κ3) is 4.03. The summed E-state index contributed by atoms with van der Waals surface area (Å²) in [5, 5.41) is 13.7. The molecule has 0 saturated carbocycles. The standard InChI is InChI=1S/C11H17F3N2O/c1-7-10(8(2)16(3)15-7)6-9(17)4-5-11(12,13)14/h9,17H,4-6H2,1-3H3. The lowest BCUT2D eigenvalue weighted by Gasteiger charge is -2.12. The van der Waals surface area contributed by atoms with E-state index in [9.17, 15) is 18.3 Å². The van der Waals surface area contributed by atoms with Crippen molar-refractivity contribution in [2.24, 2.45) is 7.05 Å². The third-order valence-electron chi connectivity index (χ3n) is 2.86. The molecular weight excluding hydrogens is 233 g/mol. The van der Waals surface area contributed by atoms with Gasteiger partial charge in [-0.05, 0) is 25.8 Å². The van der Waals surface area contributed by atoms with Gasteiger partial charge < -0.3 is 5.11 Å². The van der Waals surface area contributed by atoms with Crippen molar-refractivity contribution >= 4 is 0 Å². The Labute approximate surface area is 98.2 Å². The molecule has 1 aromatic heterocycles. The molecule has 1 rings (SSSR count). The van der Waals surface area contributed by atoms with Gasteiger partial charge in [0.15, 0.2) is 0 Å². The molecule has 0 radical (unpaired) electrons. The van der Waals surface area contributed by atoms with Crippen LogP contribution >= 0.6 is 0 Å². The Balaban J connectivity index is 2.59. The van der Waals surface area contributed by atoms with E-state index in [-0.39, 0.29) is 12.8 Å². The van der Waals surface area contributed by atoms with E-state index >= 15 is 0 Å². The number of hydrogen-bond donors (Lipinski definition) is 1. The van der Waals surface area contributed by atoms with Crippen LogP contribution < -0.4 is 0 Å². The van der Waals surface area contributed by atoms with Gasteiger partial charge in [-0.15, -0.1) is 0 Å².